The van der Waals surface area contributed by atoms with Gasteiger partial charge in [-0.05, 0) is 30.7 Å². The zero-order valence-corrected chi connectivity index (χ0v) is 17.4. The molecular weight excluding hydrogens is 382 g/mol. The second-order valence-corrected chi connectivity index (χ2v) is 9.12. The lowest BCUT2D eigenvalue weighted by Gasteiger charge is -2.22. The number of nitro groups is 1. The van der Waals surface area contributed by atoms with Crippen LogP contribution in [0.3, 0.4) is 0 Å². The highest BCUT2D eigenvalue weighted by atomic mass is 32.2. The fraction of sp³-hybridized carbons (Fsp3) is 0.611. The Kier molecular flexibility index (Phi) is 7.76. The molecule has 2 N–H and O–H groups in total. The summed E-state index contributed by atoms with van der Waals surface area (Å²) in [5, 5.41) is 14.0. The first-order valence-electron chi connectivity index (χ1n) is 9.42. The van der Waals surface area contributed by atoms with Crippen molar-refractivity contribution in [1.29, 1.82) is 0 Å². The van der Waals surface area contributed by atoms with E-state index < -0.39 is 14.9 Å². The maximum atomic E-state index is 12.3. The van der Waals surface area contributed by atoms with Crippen LogP contribution in [0.15, 0.2) is 34.2 Å². The maximum Gasteiger partial charge on any atom is 0.270 e. The van der Waals surface area contributed by atoms with Crippen LogP contribution in [0.5, 0.6) is 0 Å². The van der Waals surface area contributed by atoms with Crippen LogP contribution in [0.2, 0.25) is 0 Å². The average Bonchev–Trinajstić information content (AvgIpc) is 3.09. The molecule has 1 aromatic carbocycles. The van der Waals surface area contributed by atoms with Crippen molar-refractivity contribution in [2.24, 2.45) is 16.8 Å². The van der Waals surface area contributed by atoms with Gasteiger partial charge in [0.1, 0.15) is 0 Å². The minimum Gasteiger partial charge on any atom is -0.355 e. The third kappa shape index (κ3) is 6.16. The van der Waals surface area contributed by atoms with Gasteiger partial charge in [-0.25, -0.2) is 13.1 Å². The van der Waals surface area contributed by atoms with Crippen LogP contribution in [0.25, 0.3) is 0 Å². The largest absolute Gasteiger partial charge is 0.355 e. The molecule has 0 radical (unpaired) electrons. The molecule has 1 unspecified atom stereocenters. The van der Waals surface area contributed by atoms with E-state index in [2.05, 4.69) is 33.8 Å². The van der Waals surface area contributed by atoms with E-state index >= 15 is 0 Å². The first kappa shape index (κ1) is 22.1. The highest BCUT2D eigenvalue weighted by Gasteiger charge is 2.25. The Morgan fingerprint density at radius 3 is 2.79 bits per heavy atom. The molecule has 0 bridgehead atoms. The average molecular weight is 412 g/mol. The highest BCUT2D eigenvalue weighted by molar-refractivity contribution is 7.89. The molecule has 10 heteroatoms. The van der Waals surface area contributed by atoms with Gasteiger partial charge in [0.05, 0.1) is 9.82 Å². The second kappa shape index (κ2) is 9.83. The van der Waals surface area contributed by atoms with Gasteiger partial charge in [-0.3, -0.25) is 15.1 Å². The van der Waals surface area contributed by atoms with E-state index in [9.17, 15) is 18.5 Å². The monoisotopic (exact) mass is 411 g/mol. The van der Waals surface area contributed by atoms with Crippen LogP contribution >= 0.6 is 0 Å². The lowest BCUT2D eigenvalue weighted by Crippen LogP contribution is -2.43. The van der Waals surface area contributed by atoms with E-state index in [1.807, 2.05) is 0 Å². The molecule has 1 fully saturated rings. The number of hydrogen-bond donors (Lipinski definition) is 2. The number of nitro benzene ring substituents is 1. The van der Waals surface area contributed by atoms with Gasteiger partial charge in [0.2, 0.25) is 10.0 Å². The Hall–Kier alpha value is -2.20. The van der Waals surface area contributed by atoms with E-state index in [0.717, 1.165) is 31.5 Å². The van der Waals surface area contributed by atoms with Crippen molar-refractivity contribution in [3.8, 4) is 0 Å². The van der Waals surface area contributed by atoms with Crippen molar-refractivity contribution >= 4 is 21.7 Å². The molecule has 1 saturated heterocycles. The van der Waals surface area contributed by atoms with Crippen molar-refractivity contribution < 1.29 is 13.3 Å². The Bertz CT molecular complexity index is 810. The fourth-order valence-electron chi connectivity index (χ4n) is 3.42. The van der Waals surface area contributed by atoms with E-state index in [1.54, 1.807) is 7.05 Å². The molecule has 0 spiro atoms. The molecule has 9 nitrogen and oxygen atoms in total. The third-order valence-electron chi connectivity index (χ3n) is 4.64. The summed E-state index contributed by atoms with van der Waals surface area (Å²) in [6, 6.07) is 5.00. The Labute approximate surface area is 166 Å². The first-order valence-corrected chi connectivity index (χ1v) is 10.9. The van der Waals surface area contributed by atoms with Gasteiger partial charge in [0, 0.05) is 45.4 Å². The number of likely N-dealkylation sites (tertiary alicyclic amines) is 1. The minimum absolute atomic E-state index is 0.123. The number of hydrogen-bond acceptors (Lipinski definition) is 5. The number of nitrogens with zero attached hydrogens (tertiary/aromatic N) is 3. The van der Waals surface area contributed by atoms with Crippen LogP contribution in [0, 0.1) is 22.0 Å². The summed E-state index contributed by atoms with van der Waals surface area (Å²) in [4.78, 5) is 16.6. The summed E-state index contributed by atoms with van der Waals surface area (Å²) in [6.45, 7) is 6.86. The molecule has 0 amide bonds. The fourth-order valence-corrected chi connectivity index (χ4v) is 4.49. The predicted octanol–water partition coefficient (Wildman–Crippen LogP) is 1.82. The smallest absolute Gasteiger partial charge is 0.270 e. The number of guanidine groups is 1. The maximum absolute atomic E-state index is 12.3. The van der Waals surface area contributed by atoms with Crippen LogP contribution in [0.1, 0.15) is 26.7 Å². The second-order valence-electron chi connectivity index (χ2n) is 7.36. The quantitative estimate of drug-likeness (QED) is 0.222. The number of non-ortho nitro benzene ring substituents is 1. The van der Waals surface area contributed by atoms with Crippen molar-refractivity contribution in [3.63, 3.8) is 0 Å². The first-order chi connectivity index (χ1) is 13.2. The lowest BCUT2D eigenvalue weighted by molar-refractivity contribution is -0.385. The minimum atomic E-state index is -3.81. The van der Waals surface area contributed by atoms with Gasteiger partial charge < -0.3 is 10.2 Å². The van der Waals surface area contributed by atoms with Crippen molar-refractivity contribution in [2.45, 2.75) is 31.6 Å². The van der Waals surface area contributed by atoms with E-state index in [1.165, 1.54) is 24.6 Å². The van der Waals surface area contributed by atoms with Crippen molar-refractivity contribution in [3.05, 3.63) is 34.4 Å². The van der Waals surface area contributed by atoms with Crippen molar-refractivity contribution in [2.75, 3.05) is 33.2 Å². The molecule has 156 valence electrons. The molecule has 28 heavy (non-hydrogen) atoms. The molecule has 1 aliphatic heterocycles. The summed E-state index contributed by atoms with van der Waals surface area (Å²) in [6.07, 6.45) is 2.33. The van der Waals surface area contributed by atoms with E-state index in [0.29, 0.717) is 18.4 Å². The van der Waals surface area contributed by atoms with Crippen molar-refractivity contribution in [1.82, 2.24) is 14.9 Å². The Morgan fingerprint density at radius 1 is 1.39 bits per heavy atom. The summed E-state index contributed by atoms with van der Waals surface area (Å²) in [5.41, 5.74) is -0.258. The molecule has 0 saturated carbocycles. The SMILES string of the molecule is CN=C(NCCNS(=O)(=O)c1cccc([N+](=O)[O-])c1)N1CCC(CC(C)C)C1. The standard InChI is InChI=1S/C18H29N5O4S/c1-14(2)11-15-7-10-22(13-15)18(19-3)20-8-9-21-28(26,27)17-6-4-5-16(12-17)23(24)25/h4-6,12,14-15,21H,7-11,13H2,1-3H3,(H,19,20). The van der Waals surface area contributed by atoms with Crippen LogP contribution in [-0.2, 0) is 10.0 Å². The zero-order chi connectivity index (χ0) is 20.7. The van der Waals surface area contributed by atoms with Crippen LogP contribution in [0.4, 0.5) is 5.69 Å². The zero-order valence-electron chi connectivity index (χ0n) is 16.6. The molecule has 1 atom stereocenters. The van der Waals surface area contributed by atoms with Gasteiger partial charge in [-0.1, -0.05) is 19.9 Å². The summed E-state index contributed by atoms with van der Waals surface area (Å²) >= 11 is 0. The molecule has 0 aliphatic carbocycles. The van der Waals surface area contributed by atoms with E-state index in [-0.39, 0.29) is 17.1 Å². The number of nitrogens with one attached hydrogen (secondary N) is 2. The van der Waals surface area contributed by atoms with Gasteiger partial charge in [0.15, 0.2) is 5.96 Å². The lowest BCUT2D eigenvalue weighted by atomic mass is 9.97. The number of rotatable bonds is 8. The molecule has 2 rings (SSSR count). The molecule has 1 heterocycles. The van der Waals surface area contributed by atoms with Gasteiger partial charge in [-0.15, -0.1) is 0 Å². The number of sulfonamides is 1. The Balaban J connectivity index is 1.84. The van der Waals surface area contributed by atoms with Crippen LogP contribution < -0.4 is 10.0 Å². The molecule has 0 aromatic heterocycles. The van der Waals surface area contributed by atoms with Gasteiger partial charge >= 0.3 is 0 Å². The Morgan fingerprint density at radius 2 is 2.14 bits per heavy atom. The predicted molar refractivity (Wildman–Crippen MR) is 109 cm³/mol. The molecular formula is C18H29N5O4S. The normalized spacial score (nSPS) is 17.9. The van der Waals surface area contributed by atoms with E-state index in [4.69, 9.17) is 0 Å². The third-order valence-corrected chi connectivity index (χ3v) is 6.10. The highest BCUT2D eigenvalue weighted by Crippen LogP contribution is 2.23. The van der Waals surface area contributed by atoms with Gasteiger partial charge in [0.25, 0.3) is 5.69 Å². The molecule has 1 aromatic rings. The molecule has 1 aliphatic rings. The number of benzene rings is 1. The van der Waals surface area contributed by atoms with Gasteiger partial charge in [-0.2, -0.15) is 0 Å². The topological polar surface area (TPSA) is 117 Å². The number of aliphatic imine (C=N–C) groups is 1. The summed E-state index contributed by atoms with van der Waals surface area (Å²) in [5.74, 6) is 2.09. The summed E-state index contributed by atoms with van der Waals surface area (Å²) in [7, 11) is -2.10. The van der Waals surface area contributed by atoms with Crippen LogP contribution in [-0.4, -0.2) is 57.4 Å². The summed E-state index contributed by atoms with van der Waals surface area (Å²) < 4.78 is 27.1.